The van der Waals surface area contributed by atoms with Gasteiger partial charge in [0, 0.05) is 19.2 Å². The fourth-order valence-electron chi connectivity index (χ4n) is 2.44. The Hall–Kier alpha value is -2.48. The minimum absolute atomic E-state index is 0.235. The minimum atomic E-state index is -0.337. The third kappa shape index (κ3) is 3.31. The molecule has 0 unspecified atom stereocenters. The zero-order valence-corrected chi connectivity index (χ0v) is 13.4. The van der Waals surface area contributed by atoms with Crippen LogP contribution in [0.25, 0.3) is 0 Å². The van der Waals surface area contributed by atoms with Crippen molar-refractivity contribution in [1.29, 1.82) is 0 Å². The van der Waals surface area contributed by atoms with Gasteiger partial charge in [-0.05, 0) is 20.8 Å². The normalized spacial score (nSPS) is 14.8. The van der Waals surface area contributed by atoms with Crippen molar-refractivity contribution < 1.29 is 14.1 Å². The van der Waals surface area contributed by atoms with E-state index < -0.39 is 0 Å². The van der Waals surface area contributed by atoms with Crippen LogP contribution in [0.1, 0.15) is 27.6 Å². The molecular weight excluding hydrogens is 298 g/mol. The lowest BCUT2D eigenvalue weighted by Gasteiger charge is -2.27. The number of amides is 1. The molecule has 0 aliphatic carbocycles. The van der Waals surface area contributed by atoms with Crippen LogP contribution in [-0.2, 0) is 4.74 Å². The van der Waals surface area contributed by atoms with Gasteiger partial charge in [-0.3, -0.25) is 4.79 Å². The summed E-state index contributed by atoms with van der Waals surface area (Å²) in [5, 5.41) is 6.52. The number of nitrogens with zero attached hydrogens (tertiary/aromatic N) is 4. The SMILES string of the molecule is Cc1cc(C(=O)Nc2c(C)nc(N3CCOCC3)nc2C)no1. The molecule has 2 aromatic rings. The summed E-state index contributed by atoms with van der Waals surface area (Å²) in [7, 11) is 0. The highest BCUT2D eigenvalue weighted by Crippen LogP contribution is 2.21. The molecule has 0 atom stereocenters. The van der Waals surface area contributed by atoms with Gasteiger partial charge >= 0.3 is 0 Å². The van der Waals surface area contributed by atoms with E-state index in [4.69, 9.17) is 9.26 Å². The molecule has 1 saturated heterocycles. The Bertz CT molecular complexity index is 699. The van der Waals surface area contributed by atoms with Gasteiger partial charge in [-0.1, -0.05) is 5.16 Å². The minimum Gasteiger partial charge on any atom is -0.378 e. The van der Waals surface area contributed by atoms with Crippen LogP contribution >= 0.6 is 0 Å². The maximum absolute atomic E-state index is 12.2. The van der Waals surface area contributed by atoms with Crippen LogP contribution in [0.15, 0.2) is 10.6 Å². The Labute approximate surface area is 133 Å². The van der Waals surface area contributed by atoms with Gasteiger partial charge in [0.2, 0.25) is 5.95 Å². The summed E-state index contributed by atoms with van der Waals surface area (Å²) in [4.78, 5) is 23.3. The third-order valence-electron chi connectivity index (χ3n) is 3.65. The number of aromatic nitrogens is 3. The molecule has 8 nitrogen and oxygen atoms in total. The van der Waals surface area contributed by atoms with Crippen molar-refractivity contribution in [3.8, 4) is 0 Å². The molecule has 0 bridgehead atoms. The van der Waals surface area contributed by atoms with Crippen molar-refractivity contribution in [1.82, 2.24) is 15.1 Å². The maximum atomic E-state index is 12.2. The van der Waals surface area contributed by atoms with Gasteiger partial charge in [-0.15, -0.1) is 0 Å². The van der Waals surface area contributed by atoms with Crippen molar-refractivity contribution in [2.45, 2.75) is 20.8 Å². The lowest BCUT2D eigenvalue weighted by Crippen LogP contribution is -2.37. The van der Waals surface area contributed by atoms with Gasteiger partial charge in [-0.25, -0.2) is 9.97 Å². The topological polar surface area (TPSA) is 93.4 Å². The van der Waals surface area contributed by atoms with E-state index in [0.29, 0.717) is 42.0 Å². The number of hydrogen-bond acceptors (Lipinski definition) is 7. The molecule has 0 spiro atoms. The number of hydrogen-bond donors (Lipinski definition) is 1. The molecule has 1 N–H and O–H groups in total. The van der Waals surface area contributed by atoms with Gasteiger partial charge in [-0.2, -0.15) is 0 Å². The predicted molar refractivity (Wildman–Crippen MR) is 83.7 cm³/mol. The molecule has 8 heteroatoms. The fraction of sp³-hybridized carbons (Fsp3) is 0.467. The molecule has 3 rings (SSSR count). The predicted octanol–water partition coefficient (Wildman–Crippen LogP) is 1.48. The number of carbonyl (C=O) groups is 1. The number of aryl methyl sites for hydroxylation is 3. The maximum Gasteiger partial charge on any atom is 0.277 e. The Kier molecular flexibility index (Phi) is 4.24. The summed E-state index contributed by atoms with van der Waals surface area (Å²) in [6.07, 6.45) is 0. The van der Waals surface area contributed by atoms with Crippen LogP contribution in [0.5, 0.6) is 0 Å². The van der Waals surface area contributed by atoms with E-state index in [-0.39, 0.29) is 11.6 Å². The van der Waals surface area contributed by atoms with E-state index >= 15 is 0 Å². The lowest BCUT2D eigenvalue weighted by molar-refractivity contribution is 0.101. The Balaban J connectivity index is 1.81. The highest BCUT2D eigenvalue weighted by molar-refractivity contribution is 6.03. The molecule has 1 aliphatic heterocycles. The largest absolute Gasteiger partial charge is 0.378 e. The summed E-state index contributed by atoms with van der Waals surface area (Å²) in [6, 6.07) is 1.59. The zero-order valence-electron chi connectivity index (χ0n) is 13.4. The van der Waals surface area contributed by atoms with E-state index in [9.17, 15) is 4.79 Å². The van der Waals surface area contributed by atoms with Gasteiger partial charge in [0.25, 0.3) is 5.91 Å². The summed E-state index contributed by atoms with van der Waals surface area (Å²) < 4.78 is 10.3. The van der Waals surface area contributed by atoms with E-state index in [1.165, 1.54) is 0 Å². The Morgan fingerprint density at radius 3 is 2.39 bits per heavy atom. The molecule has 1 amide bonds. The first-order valence-corrected chi connectivity index (χ1v) is 7.47. The third-order valence-corrected chi connectivity index (χ3v) is 3.65. The van der Waals surface area contributed by atoms with Gasteiger partial charge in [0.1, 0.15) is 5.76 Å². The van der Waals surface area contributed by atoms with E-state index in [1.54, 1.807) is 13.0 Å². The van der Waals surface area contributed by atoms with Gasteiger partial charge < -0.3 is 19.5 Å². The Morgan fingerprint density at radius 2 is 1.83 bits per heavy atom. The van der Waals surface area contributed by atoms with E-state index in [2.05, 4.69) is 25.3 Å². The number of nitrogens with one attached hydrogen (secondary N) is 1. The molecule has 3 heterocycles. The van der Waals surface area contributed by atoms with E-state index in [1.807, 2.05) is 13.8 Å². The monoisotopic (exact) mass is 317 g/mol. The number of ether oxygens (including phenoxy) is 1. The fourth-order valence-corrected chi connectivity index (χ4v) is 2.44. The first-order chi connectivity index (χ1) is 11.0. The molecule has 2 aromatic heterocycles. The summed E-state index contributed by atoms with van der Waals surface area (Å²) >= 11 is 0. The second-order valence-corrected chi connectivity index (χ2v) is 5.45. The molecule has 23 heavy (non-hydrogen) atoms. The Morgan fingerprint density at radius 1 is 1.17 bits per heavy atom. The van der Waals surface area contributed by atoms with Crippen molar-refractivity contribution in [2.24, 2.45) is 0 Å². The highest BCUT2D eigenvalue weighted by atomic mass is 16.5. The summed E-state index contributed by atoms with van der Waals surface area (Å²) in [6.45, 7) is 8.31. The van der Waals surface area contributed by atoms with Crippen LogP contribution in [0, 0.1) is 20.8 Å². The highest BCUT2D eigenvalue weighted by Gasteiger charge is 2.19. The van der Waals surface area contributed by atoms with Crippen LogP contribution in [0.3, 0.4) is 0 Å². The lowest BCUT2D eigenvalue weighted by atomic mass is 10.2. The summed E-state index contributed by atoms with van der Waals surface area (Å²) in [5.41, 5.74) is 2.27. The smallest absolute Gasteiger partial charge is 0.277 e. The first kappa shape index (κ1) is 15.4. The first-order valence-electron chi connectivity index (χ1n) is 7.47. The zero-order chi connectivity index (χ0) is 16.4. The van der Waals surface area contributed by atoms with E-state index in [0.717, 1.165) is 13.1 Å². The molecule has 0 radical (unpaired) electrons. The van der Waals surface area contributed by atoms with Crippen molar-refractivity contribution >= 4 is 17.5 Å². The van der Waals surface area contributed by atoms with Crippen molar-refractivity contribution in [3.05, 3.63) is 28.9 Å². The molecule has 0 aromatic carbocycles. The van der Waals surface area contributed by atoms with Crippen LogP contribution in [0.4, 0.5) is 11.6 Å². The van der Waals surface area contributed by atoms with Crippen LogP contribution in [-0.4, -0.2) is 47.3 Å². The number of rotatable bonds is 3. The average molecular weight is 317 g/mol. The molecule has 1 fully saturated rings. The molecular formula is C15H19N5O3. The number of carbonyl (C=O) groups excluding carboxylic acids is 1. The number of morpholine rings is 1. The number of anilines is 2. The van der Waals surface area contributed by atoms with Crippen LogP contribution < -0.4 is 10.2 Å². The van der Waals surface area contributed by atoms with Crippen molar-refractivity contribution in [3.63, 3.8) is 0 Å². The second-order valence-electron chi connectivity index (χ2n) is 5.45. The molecule has 1 aliphatic rings. The average Bonchev–Trinajstić information content (AvgIpc) is 2.98. The van der Waals surface area contributed by atoms with Gasteiger partial charge in [0.05, 0.1) is 30.3 Å². The summed E-state index contributed by atoms with van der Waals surface area (Å²) in [5.74, 6) is 0.914. The van der Waals surface area contributed by atoms with Crippen LogP contribution in [0.2, 0.25) is 0 Å². The molecule has 0 saturated carbocycles. The van der Waals surface area contributed by atoms with Gasteiger partial charge in [0.15, 0.2) is 5.69 Å². The van der Waals surface area contributed by atoms with Crippen molar-refractivity contribution in [2.75, 3.05) is 36.5 Å². The standard InChI is InChI=1S/C15H19N5O3/c1-9-8-12(19-23-9)14(21)18-13-10(2)16-15(17-11(13)3)20-4-6-22-7-5-20/h8H,4-7H2,1-3H3,(H,18,21). The second kappa shape index (κ2) is 6.33. The molecule has 122 valence electrons. The quantitative estimate of drug-likeness (QED) is 0.916.